The van der Waals surface area contributed by atoms with Crippen molar-refractivity contribution in [1.82, 2.24) is 9.88 Å². The molecule has 1 aromatic heterocycles. The van der Waals surface area contributed by atoms with Crippen LogP contribution in [0.1, 0.15) is 18.5 Å². The van der Waals surface area contributed by atoms with Crippen molar-refractivity contribution in [2.45, 2.75) is 25.0 Å². The average molecular weight is 251 g/mol. The van der Waals surface area contributed by atoms with Crippen molar-refractivity contribution in [3.05, 3.63) is 30.1 Å². The fourth-order valence-corrected chi connectivity index (χ4v) is 2.54. The molecule has 0 aliphatic carbocycles. The lowest BCUT2D eigenvalue weighted by Crippen LogP contribution is -2.52. The van der Waals surface area contributed by atoms with Crippen LogP contribution in [0.4, 0.5) is 0 Å². The summed E-state index contributed by atoms with van der Waals surface area (Å²) >= 11 is 0. The van der Waals surface area contributed by atoms with E-state index in [4.69, 9.17) is 10.5 Å². The third-order valence-electron chi connectivity index (χ3n) is 3.37. The predicted molar refractivity (Wildman–Crippen MR) is 69.0 cm³/mol. The summed E-state index contributed by atoms with van der Waals surface area (Å²) in [6, 6.07) is 4.00. The van der Waals surface area contributed by atoms with Crippen LogP contribution in [0.15, 0.2) is 24.5 Å². The van der Waals surface area contributed by atoms with Gasteiger partial charge in [0.25, 0.3) is 0 Å². The maximum Gasteiger partial charge on any atom is 0.0645 e. The molecule has 3 unspecified atom stereocenters. The van der Waals surface area contributed by atoms with Gasteiger partial charge >= 0.3 is 0 Å². The Kier molecular flexibility index (Phi) is 4.66. The molecule has 5 nitrogen and oxygen atoms in total. The molecule has 100 valence electrons. The Labute approximate surface area is 108 Å². The van der Waals surface area contributed by atoms with Gasteiger partial charge in [0.1, 0.15) is 0 Å². The van der Waals surface area contributed by atoms with Gasteiger partial charge in [0, 0.05) is 25.0 Å². The number of morpholine rings is 1. The molecule has 0 bridgehead atoms. The van der Waals surface area contributed by atoms with Crippen molar-refractivity contribution >= 4 is 0 Å². The fourth-order valence-electron chi connectivity index (χ4n) is 2.54. The summed E-state index contributed by atoms with van der Waals surface area (Å²) < 4.78 is 5.41. The van der Waals surface area contributed by atoms with Crippen LogP contribution in [0, 0.1) is 0 Å². The standard InChI is InChI=1S/C13H21N3O2/c1-10(14)13(11-3-2-4-15-7-11)16-5-6-18-9-12(16)8-17/h2-4,7,10,12-13,17H,5-6,8-9,14H2,1H3. The highest BCUT2D eigenvalue weighted by Gasteiger charge is 2.32. The topological polar surface area (TPSA) is 71.6 Å². The summed E-state index contributed by atoms with van der Waals surface area (Å²) in [7, 11) is 0. The smallest absolute Gasteiger partial charge is 0.0645 e. The minimum absolute atomic E-state index is 0.00922. The van der Waals surface area contributed by atoms with Crippen molar-refractivity contribution in [1.29, 1.82) is 0 Å². The van der Waals surface area contributed by atoms with E-state index in [1.54, 1.807) is 6.20 Å². The van der Waals surface area contributed by atoms with Gasteiger partial charge in [0.05, 0.1) is 31.9 Å². The Morgan fingerprint density at radius 3 is 3.11 bits per heavy atom. The predicted octanol–water partition coefficient (Wildman–Crippen LogP) is 0.163. The minimum atomic E-state index is -0.0265. The van der Waals surface area contributed by atoms with Gasteiger partial charge in [0.15, 0.2) is 0 Å². The SMILES string of the molecule is CC(N)C(c1cccnc1)N1CCOCC1CO. The second-order valence-electron chi connectivity index (χ2n) is 4.74. The first-order valence-corrected chi connectivity index (χ1v) is 6.34. The number of aromatic nitrogens is 1. The van der Waals surface area contributed by atoms with Crippen LogP contribution in [0.3, 0.4) is 0 Å². The highest BCUT2D eigenvalue weighted by molar-refractivity contribution is 5.16. The molecule has 0 spiro atoms. The van der Waals surface area contributed by atoms with Gasteiger partial charge < -0.3 is 15.6 Å². The summed E-state index contributed by atoms with van der Waals surface area (Å²) in [5.41, 5.74) is 7.22. The third kappa shape index (κ3) is 2.87. The van der Waals surface area contributed by atoms with E-state index in [2.05, 4.69) is 9.88 Å². The van der Waals surface area contributed by atoms with Crippen LogP contribution < -0.4 is 5.73 Å². The molecule has 0 amide bonds. The van der Waals surface area contributed by atoms with E-state index in [0.717, 1.165) is 12.1 Å². The Bertz CT molecular complexity index is 359. The normalized spacial score (nSPS) is 24.7. The van der Waals surface area contributed by atoms with Crippen LogP contribution >= 0.6 is 0 Å². The number of nitrogens with zero attached hydrogens (tertiary/aromatic N) is 2. The molecular formula is C13H21N3O2. The molecule has 0 saturated carbocycles. The summed E-state index contributed by atoms with van der Waals surface area (Å²) in [4.78, 5) is 6.39. The van der Waals surface area contributed by atoms with Gasteiger partial charge in [-0.3, -0.25) is 9.88 Å². The summed E-state index contributed by atoms with van der Waals surface area (Å²) in [5, 5.41) is 9.46. The second-order valence-corrected chi connectivity index (χ2v) is 4.74. The van der Waals surface area contributed by atoms with E-state index in [-0.39, 0.29) is 24.7 Å². The Balaban J connectivity index is 2.24. The summed E-state index contributed by atoms with van der Waals surface area (Å²) in [5.74, 6) is 0. The Morgan fingerprint density at radius 1 is 1.67 bits per heavy atom. The lowest BCUT2D eigenvalue weighted by molar-refractivity contribution is -0.0516. The molecule has 1 saturated heterocycles. The van der Waals surface area contributed by atoms with Crippen LogP contribution in [0.2, 0.25) is 0 Å². The van der Waals surface area contributed by atoms with Crippen LogP contribution in [-0.2, 0) is 4.74 Å². The quantitative estimate of drug-likeness (QED) is 0.798. The zero-order valence-corrected chi connectivity index (χ0v) is 10.7. The number of pyridine rings is 1. The zero-order chi connectivity index (χ0) is 13.0. The molecule has 1 aromatic rings. The van der Waals surface area contributed by atoms with Crippen molar-refractivity contribution in [3.8, 4) is 0 Å². The lowest BCUT2D eigenvalue weighted by atomic mass is 9.98. The van der Waals surface area contributed by atoms with Crippen molar-refractivity contribution < 1.29 is 9.84 Å². The highest BCUT2D eigenvalue weighted by atomic mass is 16.5. The molecule has 1 aliphatic rings. The van der Waals surface area contributed by atoms with E-state index in [1.165, 1.54) is 0 Å². The van der Waals surface area contributed by atoms with E-state index >= 15 is 0 Å². The van der Waals surface area contributed by atoms with Crippen LogP contribution in [0.25, 0.3) is 0 Å². The molecular weight excluding hydrogens is 230 g/mol. The number of rotatable bonds is 4. The molecule has 5 heteroatoms. The largest absolute Gasteiger partial charge is 0.395 e. The Morgan fingerprint density at radius 2 is 2.50 bits per heavy atom. The van der Waals surface area contributed by atoms with Crippen molar-refractivity contribution in [3.63, 3.8) is 0 Å². The molecule has 0 aromatic carbocycles. The lowest BCUT2D eigenvalue weighted by Gasteiger charge is -2.42. The van der Waals surface area contributed by atoms with Gasteiger partial charge in [-0.1, -0.05) is 6.07 Å². The fraction of sp³-hybridized carbons (Fsp3) is 0.615. The molecule has 2 heterocycles. The maximum absolute atomic E-state index is 9.46. The molecule has 2 rings (SSSR count). The first-order valence-electron chi connectivity index (χ1n) is 6.34. The maximum atomic E-state index is 9.46. The number of ether oxygens (including phenoxy) is 1. The molecule has 1 aliphatic heterocycles. The monoisotopic (exact) mass is 251 g/mol. The van der Waals surface area contributed by atoms with Crippen molar-refractivity contribution in [2.24, 2.45) is 5.73 Å². The van der Waals surface area contributed by atoms with E-state index < -0.39 is 0 Å². The van der Waals surface area contributed by atoms with E-state index in [1.807, 2.05) is 25.3 Å². The number of aliphatic hydroxyl groups excluding tert-OH is 1. The van der Waals surface area contributed by atoms with Crippen LogP contribution in [-0.4, -0.2) is 53.4 Å². The van der Waals surface area contributed by atoms with E-state index in [9.17, 15) is 5.11 Å². The molecule has 0 radical (unpaired) electrons. The summed E-state index contributed by atoms with van der Waals surface area (Å²) in [6.07, 6.45) is 3.60. The van der Waals surface area contributed by atoms with Gasteiger partial charge in [-0.2, -0.15) is 0 Å². The second kappa shape index (κ2) is 6.24. The first kappa shape index (κ1) is 13.4. The van der Waals surface area contributed by atoms with Crippen LogP contribution in [0.5, 0.6) is 0 Å². The highest BCUT2D eigenvalue weighted by Crippen LogP contribution is 2.26. The molecule has 3 N–H and O–H groups in total. The molecule has 3 atom stereocenters. The van der Waals surface area contributed by atoms with Crippen molar-refractivity contribution in [2.75, 3.05) is 26.4 Å². The zero-order valence-electron chi connectivity index (χ0n) is 10.7. The molecule has 18 heavy (non-hydrogen) atoms. The first-order chi connectivity index (χ1) is 8.74. The summed E-state index contributed by atoms with van der Waals surface area (Å²) in [6.45, 7) is 4.09. The third-order valence-corrected chi connectivity index (χ3v) is 3.37. The average Bonchev–Trinajstić information content (AvgIpc) is 2.40. The number of hydrogen-bond donors (Lipinski definition) is 2. The number of hydrogen-bond acceptors (Lipinski definition) is 5. The van der Waals surface area contributed by atoms with E-state index in [0.29, 0.717) is 13.2 Å². The Hall–Kier alpha value is -1.01. The number of aliphatic hydroxyl groups is 1. The number of nitrogens with two attached hydrogens (primary N) is 1. The minimum Gasteiger partial charge on any atom is -0.395 e. The van der Waals surface area contributed by atoms with Gasteiger partial charge in [0.2, 0.25) is 0 Å². The van der Waals surface area contributed by atoms with Gasteiger partial charge in [-0.05, 0) is 18.6 Å². The van der Waals surface area contributed by atoms with Gasteiger partial charge in [-0.25, -0.2) is 0 Å². The van der Waals surface area contributed by atoms with Gasteiger partial charge in [-0.15, -0.1) is 0 Å². The molecule has 1 fully saturated rings.